The standard InChI is InChI=1S/C15H20N2O4/c1-2-21-13(18)11-5-3-4-6-12(11)17-14(19)15(16)7-9-20-10-8-15/h3-6H,2,7-10,16H2,1H3,(H,17,19). The van der Waals surface area contributed by atoms with Crippen LogP contribution in [0.2, 0.25) is 0 Å². The molecule has 1 aliphatic heterocycles. The van der Waals surface area contributed by atoms with E-state index in [-0.39, 0.29) is 12.5 Å². The molecule has 0 atom stereocenters. The summed E-state index contributed by atoms with van der Waals surface area (Å²) < 4.78 is 10.2. The minimum atomic E-state index is -0.958. The molecule has 1 aromatic carbocycles. The van der Waals surface area contributed by atoms with Crippen LogP contribution in [0.15, 0.2) is 24.3 Å². The minimum absolute atomic E-state index is 0.277. The lowest BCUT2D eigenvalue weighted by Gasteiger charge is -2.31. The van der Waals surface area contributed by atoms with E-state index >= 15 is 0 Å². The van der Waals surface area contributed by atoms with Gasteiger partial charge in [0.15, 0.2) is 0 Å². The zero-order valence-electron chi connectivity index (χ0n) is 12.1. The third-order valence-electron chi connectivity index (χ3n) is 3.51. The number of hydrogen-bond acceptors (Lipinski definition) is 5. The highest BCUT2D eigenvalue weighted by Gasteiger charge is 2.36. The Morgan fingerprint density at radius 1 is 1.33 bits per heavy atom. The minimum Gasteiger partial charge on any atom is -0.462 e. The first-order valence-electron chi connectivity index (χ1n) is 7.01. The van der Waals surface area contributed by atoms with Crippen LogP contribution in [0.25, 0.3) is 0 Å². The molecule has 3 N–H and O–H groups in total. The van der Waals surface area contributed by atoms with Crippen molar-refractivity contribution in [1.29, 1.82) is 0 Å². The summed E-state index contributed by atoms with van der Waals surface area (Å²) in [4.78, 5) is 24.3. The molecule has 2 rings (SSSR count). The SMILES string of the molecule is CCOC(=O)c1ccccc1NC(=O)C1(N)CCOCC1. The molecule has 0 aromatic heterocycles. The molecule has 0 unspecified atom stereocenters. The fraction of sp³-hybridized carbons (Fsp3) is 0.467. The van der Waals surface area contributed by atoms with Gasteiger partial charge in [-0.25, -0.2) is 4.79 Å². The van der Waals surface area contributed by atoms with Gasteiger partial charge >= 0.3 is 5.97 Å². The highest BCUT2D eigenvalue weighted by molar-refractivity contribution is 6.04. The highest BCUT2D eigenvalue weighted by atomic mass is 16.5. The van der Waals surface area contributed by atoms with Crippen LogP contribution in [-0.4, -0.2) is 37.2 Å². The first-order valence-corrected chi connectivity index (χ1v) is 7.01. The van der Waals surface area contributed by atoms with Crippen LogP contribution in [0.4, 0.5) is 5.69 Å². The van der Waals surface area contributed by atoms with Crippen molar-refractivity contribution in [3.05, 3.63) is 29.8 Å². The van der Waals surface area contributed by atoms with Crippen LogP contribution in [0.3, 0.4) is 0 Å². The summed E-state index contributed by atoms with van der Waals surface area (Å²) in [5, 5.41) is 2.74. The van der Waals surface area contributed by atoms with E-state index in [1.54, 1.807) is 31.2 Å². The fourth-order valence-corrected chi connectivity index (χ4v) is 2.19. The maximum absolute atomic E-state index is 12.4. The molecular formula is C15H20N2O4. The first kappa shape index (κ1) is 15.5. The molecule has 6 nitrogen and oxygen atoms in total. The van der Waals surface area contributed by atoms with Gasteiger partial charge in [0.1, 0.15) is 5.54 Å². The summed E-state index contributed by atoms with van der Waals surface area (Å²) >= 11 is 0. The van der Waals surface area contributed by atoms with Gasteiger partial charge in [-0.05, 0) is 31.9 Å². The molecule has 1 saturated heterocycles. The number of hydrogen-bond donors (Lipinski definition) is 2. The Labute approximate surface area is 123 Å². The number of carbonyl (C=O) groups is 2. The molecule has 1 amide bonds. The van der Waals surface area contributed by atoms with Gasteiger partial charge in [0.2, 0.25) is 5.91 Å². The van der Waals surface area contributed by atoms with Gasteiger partial charge in [-0.1, -0.05) is 12.1 Å². The third-order valence-corrected chi connectivity index (χ3v) is 3.51. The van der Waals surface area contributed by atoms with Crippen LogP contribution < -0.4 is 11.1 Å². The van der Waals surface area contributed by atoms with Crippen LogP contribution >= 0.6 is 0 Å². The van der Waals surface area contributed by atoms with Gasteiger partial charge in [0.25, 0.3) is 0 Å². The van der Waals surface area contributed by atoms with Crippen LogP contribution in [0.1, 0.15) is 30.1 Å². The van der Waals surface area contributed by atoms with Crippen molar-refractivity contribution >= 4 is 17.6 Å². The molecule has 0 bridgehead atoms. The second-order valence-corrected chi connectivity index (χ2v) is 4.99. The molecule has 0 aliphatic carbocycles. The zero-order valence-corrected chi connectivity index (χ0v) is 12.1. The number of nitrogens with two attached hydrogens (primary N) is 1. The molecule has 0 saturated carbocycles. The Kier molecular flexibility index (Phi) is 4.93. The molecular weight excluding hydrogens is 272 g/mol. The zero-order chi connectivity index (χ0) is 15.3. The van der Waals surface area contributed by atoms with Gasteiger partial charge in [0, 0.05) is 13.2 Å². The number of anilines is 1. The largest absolute Gasteiger partial charge is 0.462 e. The average molecular weight is 292 g/mol. The smallest absolute Gasteiger partial charge is 0.340 e. The molecule has 0 spiro atoms. The number of carbonyl (C=O) groups excluding carboxylic acids is 2. The number of rotatable bonds is 4. The van der Waals surface area contributed by atoms with E-state index in [2.05, 4.69) is 5.32 Å². The maximum atomic E-state index is 12.4. The first-order chi connectivity index (χ1) is 10.1. The van der Waals surface area contributed by atoms with Gasteiger partial charge in [0.05, 0.1) is 17.9 Å². The molecule has 1 aromatic rings. The van der Waals surface area contributed by atoms with E-state index < -0.39 is 11.5 Å². The van der Waals surface area contributed by atoms with E-state index in [1.807, 2.05) is 0 Å². The van der Waals surface area contributed by atoms with Crippen LogP contribution in [-0.2, 0) is 14.3 Å². The molecule has 114 valence electrons. The summed E-state index contributed by atoms with van der Waals surface area (Å²) in [5.74, 6) is -0.769. The van der Waals surface area contributed by atoms with E-state index in [0.717, 1.165) is 0 Å². The van der Waals surface area contributed by atoms with Crippen LogP contribution in [0, 0.1) is 0 Å². The van der Waals surface area contributed by atoms with Crippen molar-refractivity contribution in [2.75, 3.05) is 25.1 Å². The van der Waals surface area contributed by atoms with Crippen molar-refractivity contribution in [1.82, 2.24) is 0 Å². The van der Waals surface area contributed by atoms with E-state index in [4.69, 9.17) is 15.2 Å². The Morgan fingerprint density at radius 2 is 2.00 bits per heavy atom. The van der Waals surface area contributed by atoms with Gasteiger partial charge in [-0.15, -0.1) is 0 Å². The molecule has 21 heavy (non-hydrogen) atoms. The van der Waals surface area contributed by atoms with Crippen LogP contribution in [0.5, 0.6) is 0 Å². The Bertz CT molecular complexity index is 524. The summed E-state index contributed by atoms with van der Waals surface area (Å²) in [7, 11) is 0. The normalized spacial score (nSPS) is 17.0. The Balaban J connectivity index is 2.15. The Morgan fingerprint density at radius 3 is 2.67 bits per heavy atom. The average Bonchev–Trinajstić information content (AvgIpc) is 2.48. The topological polar surface area (TPSA) is 90.7 Å². The molecule has 6 heteroatoms. The van der Waals surface area contributed by atoms with Crippen molar-refractivity contribution < 1.29 is 19.1 Å². The van der Waals surface area contributed by atoms with Gasteiger partial charge in [-0.2, -0.15) is 0 Å². The van der Waals surface area contributed by atoms with Crippen molar-refractivity contribution in [3.63, 3.8) is 0 Å². The summed E-state index contributed by atoms with van der Waals surface area (Å²) in [6.45, 7) is 2.93. The Hall–Kier alpha value is -1.92. The molecule has 1 aliphatic rings. The maximum Gasteiger partial charge on any atom is 0.340 e. The monoisotopic (exact) mass is 292 g/mol. The molecule has 1 heterocycles. The van der Waals surface area contributed by atoms with Crippen molar-refractivity contribution in [2.24, 2.45) is 5.73 Å². The number of nitrogens with one attached hydrogen (secondary N) is 1. The number of benzene rings is 1. The predicted octanol–water partition coefficient (Wildman–Crippen LogP) is 1.31. The molecule has 1 fully saturated rings. The second kappa shape index (κ2) is 6.69. The van der Waals surface area contributed by atoms with E-state index in [1.165, 1.54) is 0 Å². The van der Waals surface area contributed by atoms with Crippen molar-refractivity contribution in [2.45, 2.75) is 25.3 Å². The van der Waals surface area contributed by atoms with E-state index in [9.17, 15) is 9.59 Å². The number of esters is 1. The van der Waals surface area contributed by atoms with Gasteiger partial charge < -0.3 is 20.5 Å². The van der Waals surface area contributed by atoms with Crippen molar-refractivity contribution in [3.8, 4) is 0 Å². The quantitative estimate of drug-likeness (QED) is 0.817. The summed E-state index contributed by atoms with van der Waals surface area (Å²) in [5.41, 5.74) is 5.91. The predicted molar refractivity (Wildman–Crippen MR) is 78.0 cm³/mol. The highest BCUT2D eigenvalue weighted by Crippen LogP contribution is 2.22. The lowest BCUT2D eigenvalue weighted by Crippen LogP contribution is -2.54. The van der Waals surface area contributed by atoms with Gasteiger partial charge in [-0.3, -0.25) is 4.79 Å². The number of ether oxygens (including phenoxy) is 2. The lowest BCUT2D eigenvalue weighted by molar-refractivity contribution is -0.124. The summed E-state index contributed by atoms with van der Waals surface area (Å²) in [6, 6.07) is 6.73. The second-order valence-electron chi connectivity index (χ2n) is 4.99. The summed E-state index contributed by atoms with van der Waals surface area (Å²) in [6.07, 6.45) is 0.917. The number of amides is 1. The molecule has 0 radical (unpaired) electrons. The van der Waals surface area contributed by atoms with E-state index in [0.29, 0.717) is 37.3 Å². The lowest BCUT2D eigenvalue weighted by atomic mass is 9.90. The third kappa shape index (κ3) is 3.59. The fourth-order valence-electron chi connectivity index (χ4n) is 2.19. The number of para-hydroxylation sites is 1.